The molecule has 0 unspecified atom stereocenters. The number of anilines is 3. The summed E-state index contributed by atoms with van der Waals surface area (Å²) < 4.78 is 10.6. The van der Waals surface area contributed by atoms with Crippen LogP contribution in [-0.4, -0.2) is 12.7 Å². The maximum Gasteiger partial charge on any atom is 0.248 e. The Morgan fingerprint density at radius 3 is 2.33 bits per heavy atom. The molecule has 1 amide bonds. The van der Waals surface area contributed by atoms with Crippen molar-refractivity contribution in [2.45, 2.75) is 0 Å². The first-order valence-corrected chi connectivity index (χ1v) is 8.57. The standard InChI is InChI=1S/C22H18N2O3/c25-22(13-7-16-6-12-20-21(14-16)27-15-26-20)24-19-10-8-18(9-11-19)23-17-4-2-1-3-5-17/h1-14,23H,15H2,(H,24,25). The summed E-state index contributed by atoms with van der Waals surface area (Å²) in [6, 6.07) is 23.0. The minimum absolute atomic E-state index is 0.198. The molecule has 1 aliphatic heterocycles. The van der Waals surface area contributed by atoms with E-state index in [0.29, 0.717) is 5.75 Å². The van der Waals surface area contributed by atoms with Crippen molar-refractivity contribution in [3.05, 3.63) is 84.4 Å². The Labute approximate surface area is 157 Å². The van der Waals surface area contributed by atoms with Gasteiger partial charge in [-0.1, -0.05) is 24.3 Å². The maximum absolute atomic E-state index is 12.1. The van der Waals surface area contributed by atoms with Crippen LogP contribution in [0.25, 0.3) is 6.08 Å². The van der Waals surface area contributed by atoms with Crippen LogP contribution in [-0.2, 0) is 4.79 Å². The van der Waals surface area contributed by atoms with Crippen LogP contribution in [0.2, 0.25) is 0 Å². The minimum atomic E-state index is -0.198. The smallest absolute Gasteiger partial charge is 0.248 e. The van der Waals surface area contributed by atoms with Crippen molar-refractivity contribution in [3.63, 3.8) is 0 Å². The molecule has 0 aliphatic carbocycles. The van der Waals surface area contributed by atoms with E-state index >= 15 is 0 Å². The Kier molecular flexibility index (Phi) is 4.74. The molecule has 0 saturated carbocycles. The number of carbonyl (C=O) groups is 1. The molecule has 0 atom stereocenters. The largest absolute Gasteiger partial charge is 0.454 e. The number of benzene rings is 3. The summed E-state index contributed by atoms with van der Waals surface area (Å²) in [5.41, 5.74) is 3.57. The van der Waals surface area contributed by atoms with Crippen LogP contribution in [0.3, 0.4) is 0 Å². The fourth-order valence-electron chi connectivity index (χ4n) is 2.70. The van der Waals surface area contributed by atoms with E-state index in [-0.39, 0.29) is 12.7 Å². The van der Waals surface area contributed by atoms with Gasteiger partial charge in [0.1, 0.15) is 0 Å². The molecular weight excluding hydrogens is 340 g/mol. The van der Waals surface area contributed by atoms with E-state index in [9.17, 15) is 4.79 Å². The molecule has 3 aromatic rings. The zero-order valence-corrected chi connectivity index (χ0v) is 14.5. The predicted octanol–water partition coefficient (Wildman–Crippen LogP) is 4.81. The van der Waals surface area contributed by atoms with E-state index in [1.807, 2.05) is 72.8 Å². The van der Waals surface area contributed by atoms with Crippen molar-refractivity contribution in [3.8, 4) is 11.5 Å². The molecule has 0 spiro atoms. The van der Waals surface area contributed by atoms with Crippen molar-refractivity contribution in [1.82, 2.24) is 0 Å². The molecule has 3 aromatic carbocycles. The lowest BCUT2D eigenvalue weighted by Gasteiger charge is -2.07. The number of carbonyl (C=O) groups excluding carboxylic acids is 1. The van der Waals surface area contributed by atoms with Crippen molar-refractivity contribution in [1.29, 1.82) is 0 Å². The second-order valence-corrected chi connectivity index (χ2v) is 6.00. The summed E-state index contributed by atoms with van der Waals surface area (Å²) >= 11 is 0. The summed E-state index contributed by atoms with van der Waals surface area (Å²) in [6.45, 7) is 0.234. The Bertz CT molecular complexity index is 967. The van der Waals surface area contributed by atoms with Gasteiger partial charge in [-0.2, -0.15) is 0 Å². The summed E-state index contributed by atoms with van der Waals surface area (Å²) in [7, 11) is 0. The first kappa shape index (κ1) is 16.7. The van der Waals surface area contributed by atoms with Gasteiger partial charge in [0.2, 0.25) is 12.7 Å². The molecule has 0 saturated heterocycles. The van der Waals surface area contributed by atoms with Crippen LogP contribution in [0.1, 0.15) is 5.56 Å². The average Bonchev–Trinajstić information content (AvgIpc) is 3.17. The topological polar surface area (TPSA) is 59.6 Å². The lowest BCUT2D eigenvalue weighted by atomic mass is 10.2. The van der Waals surface area contributed by atoms with E-state index in [0.717, 1.165) is 28.4 Å². The molecular formula is C22H18N2O3. The van der Waals surface area contributed by atoms with Crippen LogP contribution in [0.4, 0.5) is 17.1 Å². The van der Waals surface area contributed by atoms with Crippen LogP contribution in [0, 0.1) is 0 Å². The monoisotopic (exact) mass is 358 g/mol. The third-order valence-electron chi connectivity index (χ3n) is 4.04. The summed E-state index contributed by atoms with van der Waals surface area (Å²) in [6.07, 6.45) is 3.23. The normalized spacial score (nSPS) is 12.1. The molecule has 0 radical (unpaired) electrons. The average molecular weight is 358 g/mol. The molecule has 1 heterocycles. The van der Waals surface area contributed by atoms with Gasteiger partial charge in [0, 0.05) is 23.1 Å². The van der Waals surface area contributed by atoms with Crippen LogP contribution in [0.15, 0.2) is 78.9 Å². The highest BCUT2D eigenvalue weighted by molar-refractivity contribution is 6.02. The molecule has 0 fully saturated rings. The molecule has 5 nitrogen and oxygen atoms in total. The van der Waals surface area contributed by atoms with Gasteiger partial charge >= 0.3 is 0 Å². The second kappa shape index (κ2) is 7.66. The first-order valence-electron chi connectivity index (χ1n) is 8.57. The lowest BCUT2D eigenvalue weighted by Crippen LogP contribution is -2.07. The molecule has 2 N–H and O–H groups in total. The molecule has 0 aromatic heterocycles. The van der Waals surface area contributed by atoms with Gasteiger partial charge < -0.3 is 20.1 Å². The SMILES string of the molecule is O=C(C=Cc1ccc2c(c1)OCO2)Nc1ccc(Nc2ccccc2)cc1. The fraction of sp³-hybridized carbons (Fsp3) is 0.0455. The van der Waals surface area contributed by atoms with Crippen LogP contribution < -0.4 is 20.1 Å². The summed E-state index contributed by atoms with van der Waals surface area (Å²) in [5, 5.41) is 6.15. The van der Waals surface area contributed by atoms with E-state index in [1.165, 1.54) is 6.08 Å². The number of rotatable bonds is 5. The summed E-state index contributed by atoms with van der Waals surface area (Å²) in [4.78, 5) is 12.1. The number of hydrogen-bond acceptors (Lipinski definition) is 4. The van der Waals surface area contributed by atoms with Crippen molar-refractivity contribution >= 4 is 29.0 Å². The highest BCUT2D eigenvalue weighted by Gasteiger charge is 2.12. The number of nitrogens with one attached hydrogen (secondary N) is 2. The minimum Gasteiger partial charge on any atom is -0.454 e. The van der Waals surface area contributed by atoms with Crippen molar-refractivity contribution in [2.24, 2.45) is 0 Å². The van der Waals surface area contributed by atoms with Gasteiger partial charge in [0.25, 0.3) is 0 Å². The van der Waals surface area contributed by atoms with Crippen LogP contribution in [0.5, 0.6) is 11.5 Å². The number of fused-ring (bicyclic) bond motifs is 1. The fourth-order valence-corrected chi connectivity index (χ4v) is 2.70. The van der Waals surface area contributed by atoms with Gasteiger partial charge in [-0.25, -0.2) is 0 Å². The third kappa shape index (κ3) is 4.27. The van der Waals surface area contributed by atoms with E-state index in [4.69, 9.17) is 9.47 Å². The number of para-hydroxylation sites is 1. The first-order chi connectivity index (χ1) is 13.3. The van der Waals surface area contributed by atoms with Gasteiger partial charge in [0.15, 0.2) is 11.5 Å². The van der Waals surface area contributed by atoms with Gasteiger partial charge in [0.05, 0.1) is 0 Å². The third-order valence-corrected chi connectivity index (χ3v) is 4.04. The molecule has 27 heavy (non-hydrogen) atoms. The molecule has 1 aliphatic rings. The van der Waals surface area contributed by atoms with Crippen molar-refractivity contribution < 1.29 is 14.3 Å². The predicted molar refractivity (Wildman–Crippen MR) is 106 cm³/mol. The Morgan fingerprint density at radius 2 is 1.52 bits per heavy atom. The molecule has 134 valence electrons. The number of hydrogen-bond donors (Lipinski definition) is 2. The highest BCUT2D eigenvalue weighted by Crippen LogP contribution is 2.32. The van der Waals surface area contributed by atoms with Crippen molar-refractivity contribution in [2.75, 3.05) is 17.4 Å². The zero-order chi connectivity index (χ0) is 18.5. The maximum atomic E-state index is 12.1. The van der Waals surface area contributed by atoms with E-state index < -0.39 is 0 Å². The Morgan fingerprint density at radius 1 is 0.815 bits per heavy atom. The quantitative estimate of drug-likeness (QED) is 0.643. The summed E-state index contributed by atoms with van der Waals surface area (Å²) in [5.74, 6) is 1.22. The van der Waals surface area contributed by atoms with Gasteiger partial charge in [-0.3, -0.25) is 4.79 Å². The van der Waals surface area contributed by atoms with Gasteiger partial charge in [-0.15, -0.1) is 0 Å². The zero-order valence-electron chi connectivity index (χ0n) is 14.5. The van der Waals surface area contributed by atoms with Gasteiger partial charge in [-0.05, 0) is 60.2 Å². The van der Waals surface area contributed by atoms with E-state index in [2.05, 4.69) is 10.6 Å². The lowest BCUT2D eigenvalue weighted by molar-refractivity contribution is -0.111. The molecule has 0 bridgehead atoms. The molecule has 5 heteroatoms. The van der Waals surface area contributed by atoms with E-state index in [1.54, 1.807) is 6.08 Å². The Hall–Kier alpha value is -3.73. The van der Waals surface area contributed by atoms with Crippen LogP contribution >= 0.6 is 0 Å². The number of ether oxygens (including phenoxy) is 2. The highest BCUT2D eigenvalue weighted by atomic mass is 16.7. The Balaban J connectivity index is 1.35. The number of amides is 1. The second-order valence-electron chi connectivity index (χ2n) is 6.00. The molecule has 4 rings (SSSR count).